The minimum Gasteiger partial charge on any atom is -0.393 e. The van der Waals surface area contributed by atoms with E-state index in [4.69, 9.17) is 0 Å². The van der Waals surface area contributed by atoms with E-state index in [1.54, 1.807) is 0 Å². The van der Waals surface area contributed by atoms with Gasteiger partial charge in [-0.15, -0.1) is 0 Å². The molecule has 0 amide bonds. The predicted octanol–water partition coefficient (Wildman–Crippen LogP) is 3.87. The molecule has 0 aromatic rings. The predicted molar refractivity (Wildman–Crippen MR) is 78.8 cm³/mol. The Kier molecular flexibility index (Phi) is 7.92. The molecular formula is C16H33NO. The van der Waals surface area contributed by atoms with Gasteiger partial charge in [0, 0.05) is 12.1 Å². The molecule has 0 spiro atoms. The first-order valence-corrected chi connectivity index (χ1v) is 8.09. The van der Waals surface area contributed by atoms with Crippen molar-refractivity contribution >= 4 is 0 Å². The number of piperidine rings is 1. The third kappa shape index (κ3) is 5.71. The Bertz CT molecular complexity index is 195. The Morgan fingerprint density at radius 3 is 2.22 bits per heavy atom. The Morgan fingerprint density at radius 1 is 1.00 bits per heavy atom. The fourth-order valence-electron chi connectivity index (χ4n) is 2.98. The Morgan fingerprint density at radius 2 is 1.61 bits per heavy atom. The van der Waals surface area contributed by atoms with Crippen LogP contribution in [0.4, 0.5) is 0 Å². The summed E-state index contributed by atoms with van der Waals surface area (Å²) in [6.07, 6.45) is 11.7. The van der Waals surface area contributed by atoms with Crippen LogP contribution in [-0.2, 0) is 0 Å². The molecule has 2 nitrogen and oxygen atoms in total. The quantitative estimate of drug-likeness (QED) is 0.645. The maximum absolute atomic E-state index is 9.98. The fourth-order valence-corrected chi connectivity index (χ4v) is 2.98. The second-order valence-electron chi connectivity index (χ2n) is 6.22. The van der Waals surface area contributed by atoms with Crippen LogP contribution in [0.1, 0.15) is 78.6 Å². The Hall–Kier alpha value is -0.0800. The van der Waals surface area contributed by atoms with Gasteiger partial charge in [-0.05, 0) is 25.7 Å². The van der Waals surface area contributed by atoms with Gasteiger partial charge in [-0.25, -0.2) is 0 Å². The molecule has 2 N–H and O–H groups in total. The van der Waals surface area contributed by atoms with Crippen LogP contribution >= 0.6 is 0 Å². The van der Waals surface area contributed by atoms with E-state index in [-0.39, 0.29) is 6.10 Å². The summed E-state index contributed by atoms with van der Waals surface area (Å²) in [5.74, 6) is 0.398. The Labute approximate surface area is 114 Å². The summed E-state index contributed by atoms with van der Waals surface area (Å²) in [5.41, 5.74) is 0. The topological polar surface area (TPSA) is 32.3 Å². The lowest BCUT2D eigenvalue weighted by atomic mass is 9.85. The van der Waals surface area contributed by atoms with E-state index in [0.29, 0.717) is 18.0 Å². The van der Waals surface area contributed by atoms with Crippen molar-refractivity contribution in [1.29, 1.82) is 0 Å². The molecule has 1 rings (SSSR count). The van der Waals surface area contributed by atoms with E-state index in [1.807, 2.05) is 0 Å². The maximum Gasteiger partial charge on any atom is 0.0595 e. The molecule has 4 atom stereocenters. The summed E-state index contributed by atoms with van der Waals surface area (Å²) < 4.78 is 0. The van der Waals surface area contributed by atoms with Gasteiger partial charge in [-0.3, -0.25) is 0 Å². The lowest BCUT2D eigenvalue weighted by molar-refractivity contribution is 0.0435. The van der Waals surface area contributed by atoms with E-state index in [0.717, 1.165) is 6.42 Å². The second-order valence-corrected chi connectivity index (χ2v) is 6.22. The molecule has 0 radical (unpaired) electrons. The molecule has 1 saturated heterocycles. The number of aliphatic hydroxyl groups excluding tert-OH is 1. The maximum atomic E-state index is 9.98. The molecule has 0 aliphatic carbocycles. The normalized spacial score (nSPS) is 32.7. The van der Waals surface area contributed by atoms with Crippen LogP contribution in [-0.4, -0.2) is 23.3 Å². The molecule has 0 aromatic heterocycles. The molecule has 0 saturated carbocycles. The summed E-state index contributed by atoms with van der Waals surface area (Å²) in [4.78, 5) is 0. The summed E-state index contributed by atoms with van der Waals surface area (Å²) in [6, 6.07) is 1.00. The molecule has 0 aromatic carbocycles. The molecule has 18 heavy (non-hydrogen) atoms. The van der Waals surface area contributed by atoms with Gasteiger partial charge in [0.25, 0.3) is 0 Å². The van der Waals surface area contributed by atoms with E-state index < -0.39 is 0 Å². The molecule has 1 aliphatic rings. The summed E-state index contributed by atoms with van der Waals surface area (Å²) in [6.45, 7) is 6.61. The van der Waals surface area contributed by atoms with Gasteiger partial charge in [-0.1, -0.05) is 58.8 Å². The van der Waals surface area contributed by atoms with Gasteiger partial charge in [0.2, 0.25) is 0 Å². The van der Waals surface area contributed by atoms with Crippen molar-refractivity contribution in [3.8, 4) is 0 Å². The zero-order valence-electron chi connectivity index (χ0n) is 12.6. The molecule has 1 heterocycles. The van der Waals surface area contributed by atoms with Crippen LogP contribution in [0.25, 0.3) is 0 Å². The van der Waals surface area contributed by atoms with Crippen molar-refractivity contribution in [2.45, 2.75) is 96.7 Å². The van der Waals surface area contributed by atoms with Crippen molar-refractivity contribution in [2.24, 2.45) is 5.92 Å². The van der Waals surface area contributed by atoms with Crippen LogP contribution in [0.15, 0.2) is 0 Å². The third-order valence-corrected chi connectivity index (χ3v) is 4.58. The Balaban J connectivity index is 2.02. The number of unbranched alkanes of at least 4 members (excludes halogenated alkanes) is 6. The largest absolute Gasteiger partial charge is 0.393 e. The van der Waals surface area contributed by atoms with Crippen LogP contribution < -0.4 is 5.32 Å². The number of aliphatic hydroxyl groups is 1. The minimum absolute atomic E-state index is 0.101. The number of rotatable bonds is 8. The smallest absolute Gasteiger partial charge is 0.0595 e. The average Bonchev–Trinajstić information content (AvgIpc) is 2.34. The first-order valence-electron chi connectivity index (χ1n) is 8.09. The van der Waals surface area contributed by atoms with Crippen LogP contribution in [0.3, 0.4) is 0 Å². The fraction of sp³-hybridized carbons (Fsp3) is 1.00. The lowest BCUT2D eigenvalue weighted by Gasteiger charge is -2.37. The van der Waals surface area contributed by atoms with Gasteiger partial charge in [0.05, 0.1) is 6.10 Å². The van der Waals surface area contributed by atoms with Crippen molar-refractivity contribution < 1.29 is 5.11 Å². The highest BCUT2D eigenvalue weighted by molar-refractivity contribution is 4.87. The second kappa shape index (κ2) is 8.92. The standard InChI is InChI=1S/C16H33NO/c1-4-5-6-7-8-9-10-11-15-12-16(18)13(2)14(3)17-15/h13-18H,4-12H2,1-3H3/t13-,14-,15+,16-/m0/s1. The van der Waals surface area contributed by atoms with Crippen LogP contribution in [0.2, 0.25) is 0 Å². The van der Waals surface area contributed by atoms with Crippen molar-refractivity contribution in [3.05, 3.63) is 0 Å². The summed E-state index contributed by atoms with van der Waals surface area (Å²) >= 11 is 0. The highest BCUT2D eigenvalue weighted by atomic mass is 16.3. The monoisotopic (exact) mass is 255 g/mol. The molecule has 0 bridgehead atoms. The van der Waals surface area contributed by atoms with E-state index in [1.165, 1.54) is 51.4 Å². The van der Waals surface area contributed by atoms with Gasteiger partial charge in [0.15, 0.2) is 0 Å². The zero-order chi connectivity index (χ0) is 13.4. The van der Waals surface area contributed by atoms with Crippen molar-refractivity contribution in [1.82, 2.24) is 5.32 Å². The molecule has 108 valence electrons. The van der Waals surface area contributed by atoms with Gasteiger partial charge < -0.3 is 10.4 Å². The van der Waals surface area contributed by atoms with Gasteiger partial charge in [-0.2, -0.15) is 0 Å². The molecule has 1 aliphatic heterocycles. The number of nitrogens with one attached hydrogen (secondary N) is 1. The molecule has 2 heteroatoms. The van der Waals surface area contributed by atoms with E-state index in [2.05, 4.69) is 26.1 Å². The average molecular weight is 255 g/mol. The number of hydrogen-bond donors (Lipinski definition) is 2. The third-order valence-electron chi connectivity index (χ3n) is 4.58. The zero-order valence-corrected chi connectivity index (χ0v) is 12.6. The molecule has 1 fully saturated rings. The molecule has 0 unspecified atom stereocenters. The van der Waals surface area contributed by atoms with Gasteiger partial charge >= 0.3 is 0 Å². The highest BCUT2D eigenvalue weighted by Gasteiger charge is 2.30. The van der Waals surface area contributed by atoms with Crippen molar-refractivity contribution in [3.63, 3.8) is 0 Å². The van der Waals surface area contributed by atoms with E-state index >= 15 is 0 Å². The van der Waals surface area contributed by atoms with Crippen LogP contribution in [0.5, 0.6) is 0 Å². The summed E-state index contributed by atoms with van der Waals surface area (Å²) in [7, 11) is 0. The lowest BCUT2D eigenvalue weighted by Crippen LogP contribution is -2.51. The van der Waals surface area contributed by atoms with Gasteiger partial charge in [0.1, 0.15) is 0 Å². The SMILES string of the molecule is CCCCCCCCC[C@@H]1C[C@H](O)[C@@H](C)[C@H](C)N1. The number of hydrogen-bond acceptors (Lipinski definition) is 2. The summed E-state index contributed by atoms with van der Waals surface area (Å²) in [5, 5.41) is 13.6. The molecular weight excluding hydrogens is 222 g/mol. The van der Waals surface area contributed by atoms with E-state index in [9.17, 15) is 5.11 Å². The van der Waals surface area contributed by atoms with Crippen molar-refractivity contribution in [2.75, 3.05) is 0 Å². The van der Waals surface area contributed by atoms with Crippen LogP contribution in [0, 0.1) is 5.92 Å². The first-order chi connectivity index (χ1) is 8.65. The first kappa shape index (κ1) is 16.0. The highest BCUT2D eigenvalue weighted by Crippen LogP contribution is 2.23. The minimum atomic E-state index is -0.101.